The Morgan fingerprint density at radius 3 is 2.22 bits per heavy atom. The largest absolute Gasteiger partial charge is 0.482 e. The lowest BCUT2D eigenvalue weighted by Gasteiger charge is -2.41. The van der Waals surface area contributed by atoms with Gasteiger partial charge in [-0.05, 0) is 40.2 Å². The second-order valence-corrected chi connectivity index (χ2v) is 9.24. The van der Waals surface area contributed by atoms with Crippen LogP contribution in [0.25, 0.3) is 0 Å². The summed E-state index contributed by atoms with van der Waals surface area (Å²) in [4.78, 5) is 52.1. The molecule has 0 N–H and O–H groups in total. The number of fused-ring (bicyclic) bond motifs is 1. The van der Waals surface area contributed by atoms with Crippen LogP contribution in [0.2, 0.25) is 0 Å². The van der Waals surface area contributed by atoms with E-state index in [0.29, 0.717) is 15.5 Å². The highest BCUT2D eigenvalue weighted by atomic mass is 19.4. The van der Waals surface area contributed by atoms with Gasteiger partial charge in [-0.3, -0.25) is 14.4 Å². The number of rotatable bonds is 5. The summed E-state index contributed by atoms with van der Waals surface area (Å²) in [5.74, 6) is -2.54. The number of hydrogen-bond donors (Lipinski definition) is 0. The van der Waals surface area contributed by atoms with E-state index in [-0.39, 0.29) is 6.61 Å². The van der Waals surface area contributed by atoms with E-state index in [1.807, 2.05) is 0 Å². The molecule has 9 nitrogen and oxygen atoms in total. The molecular formula is C24H26F3N3O6. The van der Waals surface area contributed by atoms with E-state index in [9.17, 15) is 32.3 Å². The van der Waals surface area contributed by atoms with Crippen molar-refractivity contribution in [3.05, 3.63) is 63.6 Å². The van der Waals surface area contributed by atoms with E-state index < -0.39 is 64.7 Å². The molecule has 2 aromatic rings. The molecule has 0 spiro atoms. The van der Waals surface area contributed by atoms with E-state index >= 15 is 0 Å². The Balaban J connectivity index is 2.24. The van der Waals surface area contributed by atoms with Crippen LogP contribution in [0.3, 0.4) is 0 Å². The van der Waals surface area contributed by atoms with Crippen molar-refractivity contribution in [3.63, 3.8) is 0 Å². The van der Waals surface area contributed by atoms with E-state index in [1.54, 1.807) is 51.1 Å². The fraction of sp³-hybridized carbons (Fsp3) is 0.417. The number of alkyl halides is 3. The predicted molar refractivity (Wildman–Crippen MR) is 122 cm³/mol. The molecule has 3 rings (SSSR count). The summed E-state index contributed by atoms with van der Waals surface area (Å²) in [6.07, 6.45) is -4.99. The summed E-state index contributed by atoms with van der Waals surface area (Å²) in [7, 11) is 0. The average Bonchev–Trinajstić information content (AvgIpc) is 2.76. The zero-order valence-corrected chi connectivity index (χ0v) is 20.4. The number of ketones is 1. The zero-order chi connectivity index (χ0) is 27.0. The van der Waals surface area contributed by atoms with Gasteiger partial charge in [0.15, 0.2) is 17.2 Å². The molecule has 0 saturated heterocycles. The molecule has 0 radical (unpaired) electrons. The lowest BCUT2D eigenvalue weighted by Crippen LogP contribution is -2.61. The number of Topliss-reactive ketones (excluding diaryl/α,β-unsaturated/α-hetero) is 1. The number of carbonyl (C=O) groups is 3. The Morgan fingerprint density at radius 2 is 1.69 bits per heavy atom. The third-order valence-corrected chi connectivity index (χ3v) is 5.31. The van der Waals surface area contributed by atoms with Crippen LogP contribution in [0.1, 0.15) is 61.0 Å². The van der Waals surface area contributed by atoms with Crippen LogP contribution in [-0.2, 0) is 11.3 Å². The molecule has 1 aromatic carbocycles. The molecule has 2 amide bonds. The maximum atomic E-state index is 13.6. The summed E-state index contributed by atoms with van der Waals surface area (Å²) in [5.41, 5.74) is -2.47. The molecule has 1 atom stereocenters. The Labute approximate surface area is 205 Å². The highest BCUT2D eigenvalue weighted by Gasteiger charge is 2.48. The number of halogens is 3. The van der Waals surface area contributed by atoms with Gasteiger partial charge in [-0.2, -0.15) is 18.2 Å². The number of hydrogen-bond acceptors (Lipinski definition) is 6. The summed E-state index contributed by atoms with van der Waals surface area (Å²) >= 11 is 0. The number of aromatic nitrogens is 1. The molecule has 0 saturated carbocycles. The van der Waals surface area contributed by atoms with Crippen molar-refractivity contribution in [3.8, 4) is 5.75 Å². The zero-order valence-electron chi connectivity index (χ0n) is 20.4. The lowest BCUT2D eigenvalue weighted by molar-refractivity contribution is -0.173. The first-order valence-corrected chi connectivity index (χ1v) is 11.0. The molecule has 0 fully saturated rings. The maximum Gasteiger partial charge on any atom is 0.431 e. The van der Waals surface area contributed by atoms with Crippen molar-refractivity contribution in [2.75, 3.05) is 11.7 Å². The van der Waals surface area contributed by atoms with Crippen molar-refractivity contribution in [2.24, 2.45) is 0 Å². The minimum Gasteiger partial charge on any atom is -0.482 e. The van der Waals surface area contributed by atoms with E-state index in [4.69, 9.17) is 9.47 Å². The SMILES string of the molecule is CC(=O)c1cn2c(c(OCc3ccccc3)c1=O)C(=O)N([C@H](C)C(F)(F)F)CN2C(=O)OC(C)(C)C. The van der Waals surface area contributed by atoms with Gasteiger partial charge in [0.25, 0.3) is 5.91 Å². The van der Waals surface area contributed by atoms with Crippen molar-refractivity contribution in [1.82, 2.24) is 9.58 Å². The highest BCUT2D eigenvalue weighted by molar-refractivity contribution is 6.01. The first-order chi connectivity index (χ1) is 16.6. The second-order valence-electron chi connectivity index (χ2n) is 9.24. The summed E-state index contributed by atoms with van der Waals surface area (Å²) in [6, 6.07) is 6.19. The number of nitrogens with zero attached hydrogens (tertiary/aromatic N) is 3. The number of ether oxygens (including phenoxy) is 2. The third kappa shape index (κ3) is 5.52. The number of pyridine rings is 1. The van der Waals surface area contributed by atoms with Crippen molar-refractivity contribution >= 4 is 17.8 Å². The highest BCUT2D eigenvalue weighted by Crippen LogP contribution is 2.31. The molecular weight excluding hydrogens is 483 g/mol. The molecule has 0 bridgehead atoms. The van der Waals surface area contributed by atoms with Gasteiger partial charge in [0, 0.05) is 6.20 Å². The third-order valence-electron chi connectivity index (χ3n) is 5.31. The Morgan fingerprint density at radius 1 is 1.08 bits per heavy atom. The molecule has 194 valence electrons. The minimum atomic E-state index is -4.83. The molecule has 2 heterocycles. The van der Waals surface area contributed by atoms with Crippen molar-refractivity contribution in [2.45, 2.75) is 59.0 Å². The molecule has 36 heavy (non-hydrogen) atoms. The van der Waals surface area contributed by atoms with Crippen LogP contribution >= 0.6 is 0 Å². The van der Waals surface area contributed by atoms with E-state index in [0.717, 1.165) is 24.7 Å². The van der Waals surface area contributed by atoms with Gasteiger partial charge >= 0.3 is 12.3 Å². The molecule has 0 unspecified atom stereocenters. The molecule has 12 heteroatoms. The average molecular weight is 509 g/mol. The summed E-state index contributed by atoms with van der Waals surface area (Å²) in [6.45, 7) is 5.45. The van der Waals surface area contributed by atoms with E-state index in [2.05, 4.69) is 0 Å². The standard InChI is InChI=1S/C24H26F3N3O6/c1-14(31)17-11-29-18(20(19(17)32)35-12-16-9-7-6-8-10-16)21(33)28(15(2)24(25,26)27)13-30(29)22(34)36-23(3,4)5/h6-11,15H,12-13H2,1-5H3/t15-/m1/s1. The first kappa shape index (κ1) is 26.8. The van der Waals surface area contributed by atoms with Crippen molar-refractivity contribution < 1.29 is 37.0 Å². The fourth-order valence-electron chi connectivity index (χ4n) is 3.43. The predicted octanol–water partition coefficient (Wildman–Crippen LogP) is 3.87. The van der Waals surface area contributed by atoms with Crippen LogP contribution in [0.4, 0.5) is 18.0 Å². The Bertz CT molecular complexity index is 1230. The summed E-state index contributed by atoms with van der Waals surface area (Å²) in [5, 5.41) is 0.714. The van der Waals surface area contributed by atoms with Crippen molar-refractivity contribution in [1.29, 1.82) is 0 Å². The van der Waals surface area contributed by atoms with Crippen LogP contribution in [-0.4, -0.2) is 51.8 Å². The first-order valence-electron chi connectivity index (χ1n) is 11.0. The fourth-order valence-corrected chi connectivity index (χ4v) is 3.43. The van der Waals surface area contributed by atoms with Gasteiger partial charge in [-0.1, -0.05) is 30.3 Å². The molecule has 1 aliphatic heterocycles. The molecule has 0 aliphatic carbocycles. The molecule has 1 aliphatic rings. The van der Waals surface area contributed by atoms with E-state index in [1.165, 1.54) is 0 Å². The normalized spacial score (nSPS) is 14.8. The molecule has 1 aromatic heterocycles. The second kappa shape index (κ2) is 9.67. The number of benzene rings is 1. The Kier molecular flexibility index (Phi) is 7.19. The minimum absolute atomic E-state index is 0.223. The number of amides is 2. The smallest absolute Gasteiger partial charge is 0.431 e. The van der Waals surface area contributed by atoms with Gasteiger partial charge in [0.2, 0.25) is 5.43 Å². The van der Waals surface area contributed by atoms with Gasteiger partial charge in [-0.15, -0.1) is 0 Å². The van der Waals surface area contributed by atoms with Crippen LogP contribution in [0.5, 0.6) is 5.75 Å². The van der Waals surface area contributed by atoms with Gasteiger partial charge in [-0.25, -0.2) is 9.47 Å². The quantitative estimate of drug-likeness (QED) is 0.568. The van der Waals surface area contributed by atoms with Crippen LogP contribution < -0.4 is 15.2 Å². The Hall–Kier alpha value is -3.83. The van der Waals surface area contributed by atoms with Gasteiger partial charge in [0.05, 0.1) is 5.56 Å². The van der Waals surface area contributed by atoms with Gasteiger partial charge in [0.1, 0.15) is 24.9 Å². The topological polar surface area (TPSA) is 98.1 Å². The monoisotopic (exact) mass is 509 g/mol. The lowest BCUT2D eigenvalue weighted by atomic mass is 10.1. The van der Waals surface area contributed by atoms with Crippen LogP contribution in [0.15, 0.2) is 41.3 Å². The van der Waals surface area contributed by atoms with Crippen LogP contribution in [0, 0.1) is 0 Å². The summed E-state index contributed by atoms with van der Waals surface area (Å²) < 4.78 is 52.7. The van der Waals surface area contributed by atoms with Gasteiger partial charge < -0.3 is 14.4 Å². The maximum absolute atomic E-state index is 13.6. The number of carbonyl (C=O) groups excluding carboxylic acids is 3.